The van der Waals surface area contributed by atoms with Crippen LogP contribution in [0, 0.1) is 0 Å². The summed E-state index contributed by atoms with van der Waals surface area (Å²) in [5, 5.41) is 9.92. The van der Waals surface area contributed by atoms with Crippen molar-refractivity contribution >= 4 is 39.2 Å². The molecule has 7 nitrogen and oxygen atoms in total. The highest BCUT2D eigenvalue weighted by Crippen LogP contribution is 2.29. The van der Waals surface area contributed by atoms with E-state index < -0.39 is 0 Å². The van der Waals surface area contributed by atoms with E-state index in [1.165, 1.54) is 11.8 Å². The molecule has 4 rings (SSSR count). The van der Waals surface area contributed by atoms with Crippen LogP contribution in [0.5, 0.6) is 0 Å². The molecule has 0 unspecified atom stereocenters. The number of thiazole rings is 1. The number of rotatable bonds is 6. The van der Waals surface area contributed by atoms with Gasteiger partial charge in [0.05, 0.1) is 28.3 Å². The Morgan fingerprint density at radius 3 is 2.86 bits per heavy atom. The van der Waals surface area contributed by atoms with E-state index in [4.69, 9.17) is 4.42 Å². The maximum atomic E-state index is 12.7. The van der Waals surface area contributed by atoms with Crippen LogP contribution in [-0.4, -0.2) is 43.4 Å². The monoisotopic (exact) mass is 413 g/mol. The van der Waals surface area contributed by atoms with Crippen LogP contribution in [-0.2, 0) is 11.8 Å². The van der Waals surface area contributed by atoms with Crippen molar-refractivity contribution in [1.29, 1.82) is 0 Å². The van der Waals surface area contributed by atoms with Gasteiger partial charge < -0.3 is 13.9 Å². The first-order valence-electron chi connectivity index (χ1n) is 8.72. The number of thioether (sulfide) groups is 1. The summed E-state index contributed by atoms with van der Waals surface area (Å²) in [5.74, 6) is 1.57. The Kier molecular flexibility index (Phi) is 5.19. The predicted octanol–water partition coefficient (Wildman–Crippen LogP) is 4.00. The number of hydrogen-bond donors (Lipinski definition) is 0. The lowest BCUT2D eigenvalue weighted by molar-refractivity contribution is -0.128. The third-order valence-corrected chi connectivity index (χ3v) is 6.76. The number of hydrogen-bond acceptors (Lipinski definition) is 7. The van der Waals surface area contributed by atoms with E-state index >= 15 is 0 Å². The highest BCUT2D eigenvalue weighted by molar-refractivity contribution is 7.99. The van der Waals surface area contributed by atoms with Crippen LogP contribution < -0.4 is 0 Å². The molecule has 0 aliphatic rings. The van der Waals surface area contributed by atoms with Crippen molar-refractivity contribution in [2.75, 3.05) is 12.8 Å². The number of nitrogens with zero attached hydrogens (tertiary/aromatic N) is 5. The van der Waals surface area contributed by atoms with Crippen LogP contribution in [0.25, 0.3) is 21.8 Å². The number of furan rings is 1. The Hall–Kier alpha value is -2.65. The summed E-state index contributed by atoms with van der Waals surface area (Å²) in [6.45, 7) is 2.00. The number of carbonyl (C=O) groups excluding carboxylic acids is 1. The van der Waals surface area contributed by atoms with Crippen molar-refractivity contribution in [3.63, 3.8) is 0 Å². The third kappa shape index (κ3) is 3.55. The number of para-hydroxylation sites is 1. The topological polar surface area (TPSA) is 77.1 Å². The van der Waals surface area contributed by atoms with Gasteiger partial charge in [-0.1, -0.05) is 23.9 Å². The molecular formula is C19H19N5O2S2. The van der Waals surface area contributed by atoms with Crippen LogP contribution in [0.3, 0.4) is 0 Å². The van der Waals surface area contributed by atoms with Gasteiger partial charge in [-0.2, -0.15) is 0 Å². The van der Waals surface area contributed by atoms with Crippen molar-refractivity contribution in [2.24, 2.45) is 7.05 Å². The summed E-state index contributed by atoms with van der Waals surface area (Å²) in [6.07, 6.45) is 1.60. The molecule has 0 spiro atoms. The maximum absolute atomic E-state index is 12.7. The second-order valence-corrected chi connectivity index (χ2v) is 8.34. The minimum Gasteiger partial charge on any atom is -0.461 e. The van der Waals surface area contributed by atoms with Gasteiger partial charge >= 0.3 is 0 Å². The molecule has 0 saturated heterocycles. The van der Waals surface area contributed by atoms with Crippen LogP contribution >= 0.6 is 23.1 Å². The van der Waals surface area contributed by atoms with Gasteiger partial charge in [-0.3, -0.25) is 4.79 Å². The molecule has 1 atom stereocenters. The molecule has 1 amide bonds. The Morgan fingerprint density at radius 2 is 2.11 bits per heavy atom. The second-order valence-electron chi connectivity index (χ2n) is 6.33. The van der Waals surface area contributed by atoms with Gasteiger partial charge in [0.25, 0.3) is 0 Å². The Morgan fingerprint density at radius 1 is 1.29 bits per heavy atom. The molecule has 0 aliphatic heterocycles. The highest BCUT2D eigenvalue weighted by atomic mass is 32.2. The van der Waals surface area contributed by atoms with E-state index in [0.717, 1.165) is 15.2 Å². The quantitative estimate of drug-likeness (QED) is 0.445. The van der Waals surface area contributed by atoms with E-state index in [1.54, 1.807) is 28.6 Å². The standard InChI is InChI=1S/C19H19N5O2S2/c1-12(18-20-13-7-4-5-9-15(13)28-18)23(2)16(25)11-27-19-22-21-17(24(19)3)14-8-6-10-26-14/h4-10,12H,11H2,1-3H3/t12-/m0/s1. The first-order chi connectivity index (χ1) is 13.5. The van der Waals surface area contributed by atoms with Gasteiger partial charge in [0, 0.05) is 14.1 Å². The summed E-state index contributed by atoms with van der Waals surface area (Å²) in [5.41, 5.74) is 0.967. The van der Waals surface area contributed by atoms with Crippen molar-refractivity contribution in [3.8, 4) is 11.6 Å². The van der Waals surface area contributed by atoms with E-state index in [9.17, 15) is 4.79 Å². The smallest absolute Gasteiger partial charge is 0.233 e. The summed E-state index contributed by atoms with van der Waals surface area (Å²) < 4.78 is 8.33. The molecule has 1 aromatic carbocycles. The highest BCUT2D eigenvalue weighted by Gasteiger charge is 2.22. The van der Waals surface area contributed by atoms with E-state index in [-0.39, 0.29) is 17.7 Å². The molecule has 0 saturated carbocycles. The first kappa shape index (κ1) is 18.7. The van der Waals surface area contributed by atoms with Crippen LogP contribution in [0.15, 0.2) is 52.2 Å². The predicted molar refractivity (Wildman–Crippen MR) is 110 cm³/mol. The number of aromatic nitrogens is 4. The van der Waals surface area contributed by atoms with Crippen LogP contribution in [0.2, 0.25) is 0 Å². The van der Waals surface area contributed by atoms with E-state index in [2.05, 4.69) is 15.2 Å². The fourth-order valence-corrected chi connectivity index (χ4v) is 4.64. The fraction of sp³-hybridized carbons (Fsp3) is 0.263. The largest absolute Gasteiger partial charge is 0.461 e. The van der Waals surface area contributed by atoms with Crippen LogP contribution in [0.4, 0.5) is 0 Å². The molecule has 0 aliphatic carbocycles. The molecule has 0 fully saturated rings. The van der Waals surface area contributed by atoms with Gasteiger partial charge in [-0.25, -0.2) is 4.98 Å². The van der Waals surface area contributed by atoms with Gasteiger partial charge in [0.2, 0.25) is 5.91 Å². The van der Waals surface area contributed by atoms with Crippen molar-refractivity contribution in [3.05, 3.63) is 47.7 Å². The summed E-state index contributed by atoms with van der Waals surface area (Å²) >= 11 is 2.98. The molecule has 28 heavy (non-hydrogen) atoms. The van der Waals surface area contributed by atoms with Crippen molar-refractivity contribution < 1.29 is 9.21 Å². The molecule has 0 bridgehead atoms. The molecule has 3 heterocycles. The molecule has 0 N–H and O–H groups in total. The maximum Gasteiger partial charge on any atom is 0.233 e. The zero-order valence-corrected chi connectivity index (χ0v) is 17.3. The molecule has 9 heteroatoms. The van der Waals surface area contributed by atoms with Gasteiger partial charge in [0.1, 0.15) is 5.01 Å². The third-order valence-electron chi connectivity index (χ3n) is 4.54. The number of carbonyl (C=O) groups is 1. The summed E-state index contributed by atoms with van der Waals surface area (Å²) in [6, 6.07) is 11.5. The number of amides is 1. The average Bonchev–Trinajstić information content (AvgIpc) is 3.44. The fourth-order valence-electron chi connectivity index (χ4n) is 2.74. The first-order valence-corrected chi connectivity index (χ1v) is 10.5. The minimum atomic E-state index is -0.0938. The zero-order valence-electron chi connectivity index (χ0n) is 15.7. The van der Waals surface area contributed by atoms with E-state index in [0.29, 0.717) is 16.7 Å². The molecule has 3 aromatic heterocycles. The number of fused-ring (bicyclic) bond motifs is 1. The number of benzene rings is 1. The minimum absolute atomic E-state index is 0.0132. The SMILES string of the molecule is C[C@@H](c1nc2ccccc2s1)N(C)C(=O)CSc1nnc(-c2ccco2)n1C. The lowest BCUT2D eigenvalue weighted by Gasteiger charge is -2.23. The van der Waals surface area contributed by atoms with Gasteiger partial charge in [0.15, 0.2) is 16.7 Å². The van der Waals surface area contributed by atoms with Gasteiger partial charge in [-0.15, -0.1) is 21.5 Å². The van der Waals surface area contributed by atoms with Gasteiger partial charge in [-0.05, 0) is 31.2 Å². The summed E-state index contributed by atoms with van der Waals surface area (Å²) in [4.78, 5) is 19.1. The Labute approximate surface area is 170 Å². The molecule has 0 radical (unpaired) electrons. The zero-order chi connectivity index (χ0) is 19.7. The van der Waals surface area contributed by atoms with Crippen molar-refractivity contribution in [2.45, 2.75) is 18.1 Å². The molecular weight excluding hydrogens is 394 g/mol. The average molecular weight is 414 g/mol. The lowest BCUT2D eigenvalue weighted by Crippen LogP contribution is -2.31. The Bertz CT molecular complexity index is 1070. The van der Waals surface area contributed by atoms with Crippen LogP contribution in [0.1, 0.15) is 18.0 Å². The van der Waals surface area contributed by atoms with Crippen molar-refractivity contribution in [1.82, 2.24) is 24.6 Å². The van der Waals surface area contributed by atoms with E-state index in [1.807, 2.05) is 55.9 Å². The molecule has 144 valence electrons. The normalized spacial score (nSPS) is 12.4. The molecule has 4 aromatic rings. The second kappa shape index (κ2) is 7.76. The summed E-state index contributed by atoms with van der Waals surface area (Å²) in [7, 11) is 3.67. The lowest BCUT2D eigenvalue weighted by atomic mass is 10.3. The Balaban J connectivity index is 1.42.